The van der Waals surface area contributed by atoms with Crippen LogP contribution in [0.5, 0.6) is 5.75 Å². The summed E-state index contributed by atoms with van der Waals surface area (Å²) in [4.78, 5) is 0. The molecule has 0 spiro atoms. The van der Waals surface area contributed by atoms with Gasteiger partial charge in [0.05, 0.1) is 11.1 Å². The molecule has 0 saturated carbocycles. The summed E-state index contributed by atoms with van der Waals surface area (Å²) in [5, 5.41) is 3.07. The fraction of sp³-hybridized carbons (Fsp3) is 0.455. The van der Waals surface area contributed by atoms with Crippen LogP contribution in [0.25, 0.3) is 0 Å². The molecular formula is C11H16BrNO2. The summed E-state index contributed by atoms with van der Waals surface area (Å²) in [7, 11) is 3.57. The van der Waals surface area contributed by atoms with Crippen molar-refractivity contribution in [1.82, 2.24) is 5.32 Å². The molecule has 0 amide bonds. The monoisotopic (exact) mass is 273 g/mol. The molecule has 0 aliphatic carbocycles. The average molecular weight is 274 g/mol. The summed E-state index contributed by atoms with van der Waals surface area (Å²) >= 11 is 3.44. The fourth-order valence-electron chi connectivity index (χ4n) is 1.27. The van der Waals surface area contributed by atoms with Gasteiger partial charge in [-0.2, -0.15) is 0 Å². The van der Waals surface area contributed by atoms with Gasteiger partial charge in [-0.05, 0) is 35.1 Å². The normalized spacial score (nSPS) is 12.5. The molecule has 0 aliphatic rings. The second-order valence-electron chi connectivity index (χ2n) is 3.18. The molecule has 1 atom stereocenters. The number of hydrogen-bond donors (Lipinski definition) is 1. The van der Waals surface area contributed by atoms with Crippen molar-refractivity contribution >= 4 is 15.9 Å². The van der Waals surface area contributed by atoms with E-state index >= 15 is 0 Å². The van der Waals surface area contributed by atoms with Crippen LogP contribution >= 0.6 is 15.9 Å². The van der Waals surface area contributed by atoms with E-state index in [1.54, 1.807) is 7.11 Å². The van der Waals surface area contributed by atoms with Gasteiger partial charge in [0.25, 0.3) is 0 Å². The van der Waals surface area contributed by atoms with Gasteiger partial charge in [0.15, 0.2) is 0 Å². The fourth-order valence-corrected chi connectivity index (χ4v) is 1.65. The lowest BCUT2D eigenvalue weighted by Crippen LogP contribution is -2.33. The maximum atomic E-state index is 5.79. The number of nitrogens with one attached hydrogen (secondary N) is 1. The Hall–Kier alpha value is -0.580. The first-order valence-electron chi connectivity index (χ1n) is 4.82. The van der Waals surface area contributed by atoms with Crippen molar-refractivity contribution in [2.45, 2.75) is 6.10 Å². The summed E-state index contributed by atoms with van der Waals surface area (Å²) in [6.07, 6.45) is 0.0266. The Morgan fingerprint density at radius 2 is 2.13 bits per heavy atom. The zero-order valence-corrected chi connectivity index (χ0v) is 10.6. The van der Waals surface area contributed by atoms with Crippen LogP contribution in [-0.2, 0) is 4.74 Å². The molecule has 3 nitrogen and oxygen atoms in total. The summed E-state index contributed by atoms with van der Waals surface area (Å²) in [6, 6.07) is 7.80. The highest BCUT2D eigenvalue weighted by Gasteiger charge is 2.10. The van der Waals surface area contributed by atoms with E-state index < -0.39 is 0 Å². The number of halogens is 1. The van der Waals surface area contributed by atoms with Gasteiger partial charge in [-0.3, -0.25) is 0 Å². The molecule has 0 fully saturated rings. The molecule has 1 rings (SSSR count). The van der Waals surface area contributed by atoms with Crippen LogP contribution in [0, 0.1) is 0 Å². The SMILES string of the molecule is CNCC(COC)Oc1ccccc1Br. The van der Waals surface area contributed by atoms with Crippen molar-refractivity contribution in [3.63, 3.8) is 0 Å². The van der Waals surface area contributed by atoms with Crippen LogP contribution in [0.1, 0.15) is 0 Å². The molecule has 0 saturated heterocycles. The summed E-state index contributed by atoms with van der Waals surface area (Å²) < 4.78 is 11.8. The van der Waals surface area contributed by atoms with Gasteiger partial charge >= 0.3 is 0 Å². The highest BCUT2D eigenvalue weighted by molar-refractivity contribution is 9.10. The topological polar surface area (TPSA) is 30.5 Å². The number of likely N-dealkylation sites (N-methyl/N-ethyl adjacent to an activating group) is 1. The first kappa shape index (κ1) is 12.5. The van der Waals surface area contributed by atoms with Crippen molar-refractivity contribution in [1.29, 1.82) is 0 Å². The van der Waals surface area contributed by atoms with Crippen molar-refractivity contribution in [2.75, 3.05) is 27.3 Å². The molecule has 0 aliphatic heterocycles. The van der Waals surface area contributed by atoms with E-state index in [1.165, 1.54) is 0 Å². The number of ether oxygens (including phenoxy) is 2. The lowest BCUT2D eigenvalue weighted by molar-refractivity contribution is 0.0813. The average Bonchev–Trinajstić information content (AvgIpc) is 2.22. The van der Waals surface area contributed by atoms with Gasteiger partial charge in [-0.15, -0.1) is 0 Å². The first-order chi connectivity index (χ1) is 7.27. The third-order valence-electron chi connectivity index (χ3n) is 1.91. The number of hydrogen-bond acceptors (Lipinski definition) is 3. The zero-order chi connectivity index (χ0) is 11.1. The predicted molar refractivity (Wildman–Crippen MR) is 64.4 cm³/mol. The third-order valence-corrected chi connectivity index (χ3v) is 2.57. The van der Waals surface area contributed by atoms with Gasteiger partial charge in [0.1, 0.15) is 11.9 Å². The minimum atomic E-state index is 0.0266. The standard InChI is InChI=1S/C11H16BrNO2/c1-13-7-9(8-14-2)15-11-6-4-3-5-10(11)12/h3-6,9,13H,7-8H2,1-2H3. The highest BCUT2D eigenvalue weighted by Crippen LogP contribution is 2.24. The van der Waals surface area contributed by atoms with Crippen LogP contribution in [0.15, 0.2) is 28.7 Å². The van der Waals surface area contributed by atoms with Gasteiger partial charge in [-0.25, -0.2) is 0 Å². The van der Waals surface area contributed by atoms with Crippen molar-refractivity contribution in [3.8, 4) is 5.75 Å². The van der Waals surface area contributed by atoms with Crippen LogP contribution < -0.4 is 10.1 Å². The predicted octanol–water partition coefficient (Wildman–Crippen LogP) is 2.06. The van der Waals surface area contributed by atoms with E-state index in [1.807, 2.05) is 31.3 Å². The van der Waals surface area contributed by atoms with E-state index in [9.17, 15) is 0 Å². The van der Waals surface area contributed by atoms with Crippen LogP contribution in [-0.4, -0.2) is 33.4 Å². The maximum Gasteiger partial charge on any atom is 0.134 e. The lowest BCUT2D eigenvalue weighted by Gasteiger charge is -2.18. The summed E-state index contributed by atoms with van der Waals surface area (Å²) in [5.74, 6) is 0.842. The van der Waals surface area contributed by atoms with E-state index in [4.69, 9.17) is 9.47 Å². The second kappa shape index (κ2) is 6.82. The molecule has 15 heavy (non-hydrogen) atoms. The van der Waals surface area contributed by atoms with E-state index in [-0.39, 0.29) is 6.10 Å². The minimum Gasteiger partial charge on any atom is -0.486 e. The van der Waals surface area contributed by atoms with Gasteiger partial charge in [0.2, 0.25) is 0 Å². The Bertz CT molecular complexity index is 288. The Labute approximate surface area is 98.9 Å². The summed E-state index contributed by atoms with van der Waals surface area (Å²) in [6.45, 7) is 1.33. The molecule has 1 aromatic rings. The Morgan fingerprint density at radius 1 is 1.40 bits per heavy atom. The van der Waals surface area contributed by atoms with E-state index in [2.05, 4.69) is 21.2 Å². The van der Waals surface area contributed by atoms with Crippen molar-refractivity contribution in [2.24, 2.45) is 0 Å². The lowest BCUT2D eigenvalue weighted by atomic mass is 10.3. The molecule has 1 N–H and O–H groups in total. The molecule has 0 heterocycles. The van der Waals surface area contributed by atoms with Gasteiger partial charge in [-0.1, -0.05) is 12.1 Å². The Balaban J connectivity index is 2.60. The first-order valence-corrected chi connectivity index (χ1v) is 5.62. The molecule has 0 aromatic heterocycles. The molecule has 84 valence electrons. The van der Waals surface area contributed by atoms with Gasteiger partial charge in [0, 0.05) is 13.7 Å². The van der Waals surface area contributed by atoms with Crippen LogP contribution in [0.2, 0.25) is 0 Å². The molecule has 0 bridgehead atoms. The largest absolute Gasteiger partial charge is 0.486 e. The number of methoxy groups -OCH3 is 1. The summed E-state index contributed by atoms with van der Waals surface area (Å²) in [5.41, 5.74) is 0. The highest BCUT2D eigenvalue weighted by atomic mass is 79.9. The maximum absolute atomic E-state index is 5.79. The second-order valence-corrected chi connectivity index (χ2v) is 4.04. The number of benzene rings is 1. The number of rotatable bonds is 6. The van der Waals surface area contributed by atoms with Crippen LogP contribution in [0.4, 0.5) is 0 Å². The smallest absolute Gasteiger partial charge is 0.134 e. The van der Waals surface area contributed by atoms with Crippen molar-refractivity contribution in [3.05, 3.63) is 28.7 Å². The molecule has 1 aromatic carbocycles. The molecule has 0 radical (unpaired) electrons. The minimum absolute atomic E-state index is 0.0266. The third kappa shape index (κ3) is 4.20. The van der Waals surface area contributed by atoms with Crippen LogP contribution in [0.3, 0.4) is 0 Å². The van der Waals surface area contributed by atoms with Gasteiger partial charge < -0.3 is 14.8 Å². The molecule has 4 heteroatoms. The zero-order valence-electron chi connectivity index (χ0n) is 9.00. The number of para-hydroxylation sites is 1. The van der Waals surface area contributed by atoms with E-state index in [0.29, 0.717) is 6.61 Å². The molecular weight excluding hydrogens is 258 g/mol. The molecule has 1 unspecified atom stereocenters. The van der Waals surface area contributed by atoms with Crippen molar-refractivity contribution < 1.29 is 9.47 Å². The van der Waals surface area contributed by atoms with E-state index in [0.717, 1.165) is 16.8 Å². The Kier molecular flexibility index (Phi) is 5.68. The Morgan fingerprint density at radius 3 is 2.73 bits per heavy atom. The quantitative estimate of drug-likeness (QED) is 0.861.